The van der Waals surface area contributed by atoms with E-state index in [0.717, 1.165) is 31.1 Å². The van der Waals surface area contributed by atoms with Crippen LogP contribution in [0.3, 0.4) is 0 Å². The minimum atomic E-state index is -3.78. The quantitative estimate of drug-likeness (QED) is 0.117. The molecule has 0 aliphatic rings. The van der Waals surface area contributed by atoms with Crippen molar-refractivity contribution in [1.29, 1.82) is 0 Å². The Kier molecular flexibility index (Phi) is 10.5. The summed E-state index contributed by atoms with van der Waals surface area (Å²) in [6.07, 6.45) is 0. The molecule has 0 N–H and O–H groups in total. The van der Waals surface area contributed by atoms with Crippen molar-refractivity contribution < 1.29 is 23.9 Å². The molecule has 0 saturated heterocycles. The lowest BCUT2D eigenvalue weighted by Gasteiger charge is -2.39. The summed E-state index contributed by atoms with van der Waals surface area (Å²) in [5, 5.41) is 5.33. The zero-order valence-electron chi connectivity index (χ0n) is 27.4. The summed E-state index contributed by atoms with van der Waals surface area (Å²) in [6, 6.07) is 60.2. The van der Waals surface area contributed by atoms with Gasteiger partial charge in [-0.15, -0.1) is 0 Å². The van der Waals surface area contributed by atoms with Crippen molar-refractivity contribution in [2.24, 2.45) is 0 Å². The number of benzene rings is 7. The van der Waals surface area contributed by atoms with Crippen LogP contribution in [0.4, 0.5) is 13.2 Å². The highest BCUT2D eigenvalue weighted by atomic mass is 28.4. The molecule has 0 radical (unpaired) electrons. The summed E-state index contributed by atoms with van der Waals surface area (Å²) >= 11 is -3.78. The molecule has 0 saturated carbocycles. The van der Waals surface area contributed by atoms with Gasteiger partial charge in [0, 0.05) is 12.1 Å². The molecule has 0 fully saturated rings. The van der Waals surface area contributed by atoms with E-state index in [1.807, 2.05) is 182 Å². The van der Waals surface area contributed by atoms with Gasteiger partial charge in [0.15, 0.2) is 17.4 Å². The van der Waals surface area contributed by atoms with Crippen LogP contribution in [0.25, 0.3) is 0 Å². The van der Waals surface area contributed by atoms with E-state index in [4.69, 9.17) is 10.7 Å². The van der Waals surface area contributed by atoms with Crippen molar-refractivity contribution in [2.75, 3.05) is 0 Å². The van der Waals surface area contributed by atoms with Crippen molar-refractivity contribution >= 4 is 62.9 Å². The highest BCUT2D eigenvalue weighted by Gasteiger charge is 2.56. The maximum absolute atomic E-state index is 15.6. The molecule has 0 bridgehead atoms. The summed E-state index contributed by atoms with van der Waals surface area (Å²) < 4.78 is 66.9. The summed E-state index contributed by atoms with van der Waals surface area (Å²) in [5.74, 6) is -4.17. The lowest BCUT2D eigenvalue weighted by Crippen LogP contribution is -2.75. The van der Waals surface area contributed by atoms with Gasteiger partial charge in [-0.2, -0.15) is 0 Å². The molecule has 3 nitrogen and oxygen atoms in total. The van der Waals surface area contributed by atoms with Crippen LogP contribution in [-0.4, -0.2) is 31.8 Å². The lowest BCUT2D eigenvalue weighted by molar-refractivity contribution is 0.294. The van der Waals surface area contributed by atoms with Gasteiger partial charge in [-0.1, -0.05) is 182 Å². The van der Waals surface area contributed by atoms with Gasteiger partial charge >= 0.3 is 15.1 Å². The predicted molar refractivity (Wildman–Crippen MR) is 203 cm³/mol. The average molecular weight is 725 g/mol. The van der Waals surface area contributed by atoms with E-state index in [-0.39, 0.29) is 0 Å². The zero-order chi connectivity index (χ0) is 35.1. The maximum atomic E-state index is 15.6. The smallest absolute Gasteiger partial charge is 0.595 e. The molecule has 9 heteroatoms. The van der Waals surface area contributed by atoms with Gasteiger partial charge in [0.05, 0.1) is 0 Å². The van der Waals surface area contributed by atoms with Gasteiger partial charge in [0.1, 0.15) is 5.82 Å². The molecular weight excluding hydrogens is 693 g/mol. The number of rotatable bonds is 12. The summed E-state index contributed by atoms with van der Waals surface area (Å²) in [6.45, 7) is 0. The topological polar surface area (TPSA) is 27.7 Å². The molecule has 250 valence electrons. The third-order valence-electron chi connectivity index (χ3n) is 8.81. The molecule has 0 unspecified atom stereocenters. The van der Waals surface area contributed by atoms with Crippen LogP contribution in [0.5, 0.6) is 5.75 Å². The average Bonchev–Trinajstić information content (AvgIpc) is 3.19. The van der Waals surface area contributed by atoms with Gasteiger partial charge in [0.25, 0.3) is 16.6 Å². The second kappa shape index (κ2) is 15.5. The summed E-state index contributed by atoms with van der Waals surface area (Å²) in [4.78, 5) is 0. The number of halogens is 3. The number of hydrogen-bond acceptors (Lipinski definition) is 3. The van der Waals surface area contributed by atoms with Crippen LogP contribution in [0, 0.1) is 17.5 Å². The highest BCUT2D eigenvalue weighted by molar-refractivity contribution is 7.11. The Balaban J connectivity index is 1.52. The first-order chi connectivity index (χ1) is 25.0. The Labute approximate surface area is 302 Å². The maximum Gasteiger partial charge on any atom is 0.980 e. The minimum Gasteiger partial charge on any atom is -0.595 e. The largest absolute Gasteiger partial charge is 0.980 e. The van der Waals surface area contributed by atoms with E-state index < -0.39 is 55.0 Å². The summed E-state index contributed by atoms with van der Waals surface area (Å²) in [7, 11) is -7.15. The molecule has 0 atom stereocenters. The monoisotopic (exact) mass is 724 g/mol. The Morgan fingerprint density at radius 3 is 0.824 bits per heavy atom. The standard InChI is InChI=1S/2C18H15OSi.C6H3F3O.Al/c2*19-20(16-10-4-1-5-11-16,17-12-6-2-7-13-17)18-14-8-3-9-15-18;7-3-1-4(8)6(10)5(9)2-3;/h2*1-15H;1-2,10H;/q2*-1;;+3/p-1. The van der Waals surface area contributed by atoms with Crippen molar-refractivity contribution in [2.45, 2.75) is 0 Å². The lowest BCUT2D eigenvalue weighted by atomic mass is 10.3. The van der Waals surface area contributed by atoms with Crippen molar-refractivity contribution in [3.63, 3.8) is 0 Å². The van der Waals surface area contributed by atoms with Gasteiger partial charge in [-0.25, -0.2) is 13.2 Å². The highest BCUT2D eigenvalue weighted by Crippen LogP contribution is 2.26. The first kappa shape index (κ1) is 34.5. The first-order valence-electron chi connectivity index (χ1n) is 16.5. The Morgan fingerprint density at radius 1 is 0.353 bits per heavy atom. The van der Waals surface area contributed by atoms with Gasteiger partial charge in [0.2, 0.25) is 0 Å². The Morgan fingerprint density at radius 2 is 0.588 bits per heavy atom. The van der Waals surface area contributed by atoms with Crippen LogP contribution >= 0.6 is 0 Å². The fourth-order valence-electron chi connectivity index (χ4n) is 6.54. The zero-order valence-corrected chi connectivity index (χ0v) is 30.6. The molecule has 0 spiro atoms. The molecule has 0 aliphatic heterocycles. The van der Waals surface area contributed by atoms with Crippen molar-refractivity contribution in [3.8, 4) is 5.75 Å². The fraction of sp³-hybridized carbons (Fsp3) is 0. The van der Waals surface area contributed by atoms with Gasteiger partial charge < -0.3 is 10.7 Å². The van der Waals surface area contributed by atoms with E-state index in [0.29, 0.717) is 12.1 Å². The van der Waals surface area contributed by atoms with Crippen LogP contribution in [0.2, 0.25) is 0 Å². The molecule has 0 aliphatic carbocycles. The molecule has 7 aromatic carbocycles. The van der Waals surface area contributed by atoms with Gasteiger partial charge in [-0.3, -0.25) is 0 Å². The Hall–Kier alpha value is -4.98. The van der Waals surface area contributed by atoms with Crippen molar-refractivity contribution in [3.05, 3.63) is 212 Å². The first-order valence-corrected chi connectivity index (χ1v) is 21.7. The van der Waals surface area contributed by atoms with Crippen LogP contribution in [-0.2, 0) is 6.96 Å². The van der Waals surface area contributed by atoms with E-state index in [1.54, 1.807) is 0 Å². The third kappa shape index (κ3) is 7.01. The van der Waals surface area contributed by atoms with E-state index in [1.165, 1.54) is 0 Å². The second-order valence-corrected chi connectivity index (χ2v) is 20.8. The predicted octanol–water partition coefficient (Wildman–Crippen LogP) is 5.84. The molecule has 0 heterocycles. The van der Waals surface area contributed by atoms with Gasteiger partial charge in [-0.05, 0) is 31.1 Å². The minimum absolute atomic E-state index is 0.608. The molecule has 51 heavy (non-hydrogen) atoms. The van der Waals surface area contributed by atoms with Crippen LogP contribution < -0.4 is 34.9 Å². The van der Waals surface area contributed by atoms with Crippen LogP contribution in [0.15, 0.2) is 194 Å². The SMILES string of the molecule is Fc1cc(F)c([O][Al]([O][Si](c2ccccc2)(c2ccccc2)c2ccccc2)[O][Si](c2ccccc2)(c2ccccc2)c2ccccc2)c(F)c1. The van der Waals surface area contributed by atoms with Crippen molar-refractivity contribution in [1.82, 2.24) is 0 Å². The molecule has 0 aromatic heterocycles. The molecule has 7 rings (SSSR count). The fourth-order valence-corrected chi connectivity index (χ4v) is 19.5. The van der Waals surface area contributed by atoms with E-state index in [2.05, 4.69) is 0 Å². The van der Waals surface area contributed by atoms with Crippen LogP contribution in [0.1, 0.15) is 0 Å². The Bertz CT molecular complexity index is 1820. The molecular formula is C42H32AlF3O3Si2. The van der Waals surface area contributed by atoms with E-state index >= 15 is 8.78 Å². The second-order valence-electron chi connectivity index (χ2n) is 11.9. The third-order valence-corrected chi connectivity index (χ3v) is 20.5. The molecule has 0 amide bonds. The normalized spacial score (nSPS) is 11.6. The van der Waals surface area contributed by atoms with E-state index in [9.17, 15) is 4.39 Å². The molecule has 7 aromatic rings. The summed E-state index contributed by atoms with van der Waals surface area (Å²) in [5.41, 5.74) is 0. The number of hydrogen-bond donors (Lipinski definition) is 0.